The summed E-state index contributed by atoms with van der Waals surface area (Å²) in [5.74, 6) is 2.13. The minimum absolute atomic E-state index is 0.168. The number of hydrogen-bond acceptors (Lipinski definition) is 3. The van der Waals surface area contributed by atoms with Crippen LogP contribution in [0.1, 0.15) is 5.69 Å². The lowest BCUT2D eigenvalue weighted by molar-refractivity contribution is -0.120. The maximum atomic E-state index is 11.5. The molecule has 0 aliphatic carbocycles. The number of aromatic nitrogens is 1. The first-order valence-electron chi connectivity index (χ1n) is 4.66. The molecule has 0 fully saturated rings. The van der Waals surface area contributed by atoms with Gasteiger partial charge in [-0.05, 0) is 12.1 Å². The second-order valence-corrected chi connectivity index (χ2v) is 2.85. The largest absolute Gasteiger partial charge is 0.491 e. The van der Waals surface area contributed by atoms with Crippen molar-refractivity contribution in [2.24, 2.45) is 0 Å². The number of carbonyl (C=O) groups is 1. The van der Waals surface area contributed by atoms with Crippen LogP contribution in [0.5, 0.6) is 0 Å². The summed E-state index contributed by atoms with van der Waals surface area (Å²) in [6.07, 6.45) is 8.22. The van der Waals surface area contributed by atoms with Crippen molar-refractivity contribution in [2.75, 3.05) is 13.7 Å². The smallest absolute Gasteiger partial charge is 0.287 e. The van der Waals surface area contributed by atoms with Gasteiger partial charge in [0.05, 0.1) is 19.3 Å². The van der Waals surface area contributed by atoms with Crippen LogP contribution in [-0.4, -0.2) is 24.5 Å². The predicted molar refractivity (Wildman–Crippen MR) is 61.1 cm³/mol. The van der Waals surface area contributed by atoms with Gasteiger partial charge in [0, 0.05) is 12.3 Å². The van der Waals surface area contributed by atoms with Crippen LogP contribution in [0.4, 0.5) is 0 Å². The van der Waals surface area contributed by atoms with E-state index >= 15 is 0 Å². The Hall–Kier alpha value is -2.28. The average Bonchev–Trinajstić information content (AvgIpc) is 2.34. The SMILES string of the molecule is C#CCNC(=O)/C(=C\c1ccccn1)OC. The Morgan fingerprint density at radius 3 is 3.06 bits per heavy atom. The highest BCUT2D eigenvalue weighted by atomic mass is 16.5. The summed E-state index contributed by atoms with van der Waals surface area (Å²) in [4.78, 5) is 15.6. The Morgan fingerprint density at radius 2 is 2.50 bits per heavy atom. The summed E-state index contributed by atoms with van der Waals surface area (Å²) in [7, 11) is 1.42. The molecule has 0 aliphatic rings. The number of pyridine rings is 1. The van der Waals surface area contributed by atoms with E-state index in [9.17, 15) is 4.79 Å². The number of carbonyl (C=O) groups excluding carboxylic acids is 1. The molecule has 0 saturated carbocycles. The number of ether oxygens (including phenoxy) is 1. The first-order valence-corrected chi connectivity index (χ1v) is 4.66. The lowest BCUT2D eigenvalue weighted by atomic mass is 10.3. The van der Waals surface area contributed by atoms with Crippen molar-refractivity contribution in [3.05, 3.63) is 35.8 Å². The maximum Gasteiger partial charge on any atom is 0.287 e. The molecule has 0 aliphatic heterocycles. The normalized spacial score (nSPS) is 10.4. The third-order valence-electron chi connectivity index (χ3n) is 1.76. The molecule has 1 amide bonds. The van der Waals surface area contributed by atoms with Crippen LogP contribution in [0.2, 0.25) is 0 Å². The van der Waals surface area contributed by atoms with E-state index in [2.05, 4.69) is 16.2 Å². The molecule has 0 aromatic carbocycles. The summed E-state index contributed by atoms with van der Waals surface area (Å²) in [5.41, 5.74) is 0.648. The first-order chi connectivity index (χ1) is 7.77. The van der Waals surface area contributed by atoms with Gasteiger partial charge >= 0.3 is 0 Å². The number of nitrogens with one attached hydrogen (secondary N) is 1. The van der Waals surface area contributed by atoms with E-state index in [1.54, 1.807) is 24.4 Å². The van der Waals surface area contributed by atoms with Gasteiger partial charge in [0.25, 0.3) is 5.91 Å². The number of hydrogen-bond donors (Lipinski definition) is 1. The van der Waals surface area contributed by atoms with Crippen LogP contribution in [0.15, 0.2) is 30.2 Å². The third kappa shape index (κ3) is 3.46. The van der Waals surface area contributed by atoms with Crippen molar-refractivity contribution in [3.63, 3.8) is 0 Å². The van der Waals surface area contributed by atoms with Crippen LogP contribution < -0.4 is 5.32 Å². The lowest BCUT2D eigenvalue weighted by Gasteiger charge is -2.05. The van der Waals surface area contributed by atoms with Gasteiger partial charge in [-0.25, -0.2) is 0 Å². The molecule has 4 nitrogen and oxygen atoms in total. The molecule has 4 heteroatoms. The second kappa shape index (κ2) is 6.25. The number of methoxy groups -OCH3 is 1. The van der Waals surface area contributed by atoms with Crippen LogP contribution in [-0.2, 0) is 9.53 Å². The number of rotatable bonds is 4. The number of nitrogens with zero attached hydrogens (tertiary/aromatic N) is 1. The van der Waals surface area contributed by atoms with Gasteiger partial charge in [0.2, 0.25) is 0 Å². The van der Waals surface area contributed by atoms with E-state index in [1.165, 1.54) is 7.11 Å². The Labute approximate surface area is 94.3 Å². The van der Waals surface area contributed by atoms with E-state index in [0.29, 0.717) is 5.69 Å². The van der Waals surface area contributed by atoms with E-state index in [0.717, 1.165) is 0 Å². The Bertz CT molecular complexity index is 418. The van der Waals surface area contributed by atoms with Gasteiger partial charge < -0.3 is 10.1 Å². The summed E-state index contributed by atoms with van der Waals surface area (Å²) in [6.45, 7) is 0.168. The summed E-state index contributed by atoms with van der Waals surface area (Å²) in [5, 5.41) is 2.51. The fourth-order valence-corrected chi connectivity index (χ4v) is 1.03. The molecule has 1 aromatic rings. The van der Waals surface area contributed by atoms with Crippen molar-refractivity contribution in [3.8, 4) is 12.3 Å². The maximum absolute atomic E-state index is 11.5. The van der Waals surface area contributed by atoms with E-state index in [4.69, 9.17) is 11.2 Å². The van der Waals surface area contributed by atoms with Crippen molar-refractivity contribution in [1.29, 1.82) is 0 Å². The molecule has 1 N–H and O–H groups in total. The number of amides is 1. The minimum atomic E-state index is -0.355. The van der Waals surface area contributed by atoms with Crippen LogP contribution in [0, 0.1) is 12.3 Å². The van der Waals surface area contributed by atoms with Crippen LogP contribution in [0.3, 0.4) is 0 Å². The van der Waals surface area contributed by atoms with E-state index in [-0.39, 0.29) is 18.2 Å². The third-order valence-corrected chi connectivity index (χ3v) is 1.76. The van der Waals surface area contributed by atoms with E-state index < -0.39 is 0 Å². The van der Waals surface area contributed by atoms with Gasteiger partial charge in [-0.3, -0.25) is 9.78 Å². The topological polar surface area (TPSA) is 51.2 Å². The average molecular weight is 216 g/mol. The fourth-order valence-electron chi connectivity index (χ4n) is 1.03. The first kappa shape index (κ1) is 11.8. The zero-order valence-corrected chi connectivity index (χ0v) is 8.93. The minimum Gasteiger partial charge on any atom is -0.491 e. The summed E-state index contributed by atoms with van der Waals surface area (Å²) < 4.78 is 4.95. The highest BCUT2D eigenvalue weighted by Crippen LogP contribution is 2.04. The summed E-state index contributed by atoms with van der Waals surface area (Å²) >= 11 is 0. The molecule has 82 valence electrons. The Morgan fingerprint density at radius 1 is 1.69 bits per heavy atom. The Kier molecular flexibility index (Phi) is 4.61. The highest BCUT2D eigenvalue weighted by Gasteiger charge is 2.08. The second-order valence-electron chi connectivity index (χ2n) is 2.85. The van der Waals surface area contributed by atoms with Gasteiger partial charge in [0.15, 0.2) is 5.76 Å². The molecule has 1 rings (SSSR count). The monoisotopic (exact) mass is 216 g/mol. The van der Waals surface area contributed by atoms with Crippen molar-refractivity contribution < 1.29 is 9.53 Å². The molecule has 0 radical (unpaired) electrons. The fraction of sp³-hybridized carbons (Fsp3) is 0.167. The van der Waals surface area contributed by atoms with Gasteiger partial charge in [0.1, 0.15) is 0 Å². The molecular weight excluding hydrogens is 204 g/mol. The molecule has 16 heavy (non-hydrogen) atoms. The van der Waals surface area contributed by atoms with Gasteiger partial charge in [-0.1, -0.05) is 12.0 Å². The molecule has 1 heterocycles. The predicted octanol–water partition coefficient (Wildman–Crippen LogP) is 0.818. The molecule has 0 spiro atoms. The lowest BCUT2D eigenvalue weighted by Crippen LogP contribution is -2.25. The molecule has 0 atom stereocenters. The van der Waals surface area contributed by atoms with Gasteiger partial charge in [-0.15, -0.1) is 6.42 Å². The highest BCUT2D eigenvalue weighted by molar-refractivity contribution is 5.95. The van der Waals surface area contributed by atoms with Crippen molar-refractivity contribution in [2.45, 2.75) is 0 Å². The van der Waals surface area contributed by atoms with Crippen LogP contribution in [0.25, 0.3) is 6.08 Å². The molecule has 1 aromatic heterocycles. The molecule has 0 unspecified atom stereocenters. The Balaban J connectivity index is 2.78. The van der Waals surface area contributed by atoms with Crippen molar-refractivity contribution >= 4 is 12.0 Å². The zero-order chi connectivity index (χ0) is 11.8. The summed E-state index contributed by atoms with van der Waals surface area (Å²) in [6, 6.07) is 5.39. The standard InChI is InChI=1S/C12H12N2O2/c1-3-7-14-12(15)11(16-2)9-10-6-4-5-8-13-10/h1,4-6,8-9H,7H2,2H3,(H,14,15)/b11-9+. The van der Waals surface area contributed by atoms with E-state index in [1.807, 2.05) is 6.07 Å². The molecular formula is C12H12N2O2. The van der Waals surface area contributed by atoms with Gasteiger partial charge in [-0.2, -0.15) is 0 Å². The molecule has 0 bridgehead atoms. The number of terminal acetylenes is 1. The quantitative estimate of drug-likeness (QED) is 0.460. The molecule has 0 saturated heterocycles. The zero-order valence-electron chi connectivity index (χ0n) is 8.93. The van der Waals surface area contributed by atoms with Crippen molar-refractivity contribution in [1.82, 2.24) is 10.3 Å². The van der Waals surface area contributed by atoms with Crippen LogP contribution >= 0.6 is 0 Å².